The Bertz CT molecular complexity index is 674. The largest absolute Gasteiger partial charge is 0.248 e. The Morgan fingerprint density at radius 3 is 3.05 bits per heavy atom. The molecular formula is C14H14ClN3S. The zero-order valence-corrected chi connectivity index (χ0v) is 12.0. The number of aryl methyl sites for hydroxylation is 1. The summed E-state index contributed by atoms with van der Waals surface area (Å²) in [7, 11) is 0. The first-order chi connectivity index (χ1) is 9.36. The van der Waals surface area contributed by atoms with Crippen LogP contribution in [0.15, 0.2) is 35.8 Å². The molecule has 1 aromatic carbocycles. The minimum Gasteiger partial charge on any atom is -0.248 e. The Labute approximate surface area is 120 Å². The van der Waals surface area contributed by atoms with E-state index in [0.29, 0.717) is 5.88 Å². The average molecular weight is 292 g/mol. The highest BCUT2D eigenvalue weighted by Gasteiger charge is 2.06. The minimum atomic E-state index is 0.669. The van der Waals surface area contributed by atoms with E-state index in [4.69, 9.17) is 11.6 Å². The highest BCUT2D eigenvalue weighted by Crippen LogP contribution is 2.26. The molecule has 0 amide bonds. The van der Waals surface area contributed by atoms with E-state index in [2.05, 4.69) is 40.0 Å². The van der Waals surface area contributed by atoms with Crippen LogP contribution in [0.4, 0.5) is 0 Å². The summed E-state index contributed by atoms with van der Waals surface area (Å²) in [5.41, 5.74) is 2.31. The van der Waals surface area contributed by atoms with Gasteiger partial charge in [0.15, 0.2) is 0 Å². The van der Waals surface area contributed by atoms with Crippen molar-refractivity contribution in [3.63, 3.8) is 0 Å². The van der Waals surface area contributed by atoms with Crippen LogP contribution in [0.2, 0.25) is 0 Å². The third kappa shape index (κ3) is 2.80. The molecule has 0 N–H and O–H groups in total. The Morgan fingerprint density at radius 1 is 1.26 bits per heavy atom. The van der Waals surface area contributed by atoms with Gasteiger partial charge in [-0.05, 0) is 35.2 Å². The van der Waals surface area contributed by atoms with Gasteiger partial charge >= 0.3 is 0 Å². The lowest BCUT2D eigenvalue weighted by Gasteiger charge is -1.98. The molecule has 0 spiro atoms. The maximum Gasteiger partial charge on any atom is 0.0827 e. The van der Waals surface area contributed by atoms with Gasteiger partial charge in [0.2, 0.25) is 0 Å². The summed E-state index contributed by atoms with van der Waals surface area (Å²) in [5, 5.41) is 11.9. The lowest BCUT2D eigenvalue weighted by atomic mass is 10.2. The molecular weight excluding hydrogens is 278 g/mol. The van der Waals surface area contributed by atoms with Crippen molar-refractivity contribution in [1.29, 1.82) is 0 Å². The first kappa shape index (κ1) is 12.6. The molecule has 0 saturated heterocycles. The van der Waals surface area contributed by atoms with E-state index in [9.17, 15) is 0 Å². The normalized spacial score (nSPS) is 11.2. The van der Waals surface area contributed by atoms with Gasteiger partial charge in [0.05, 0.1) is 12.2 Å². The molecule has 0 saturated carbocycles. The number of alkyl halides is 1. The molecule has 0 aliphatic heterocycles. The number of aromatic nitrogens is 3. The fraction of sp³-hybridized carbons (Fsp3) is 0.286. The van der Waals surface area contributed by atoms with Crippen LogP contribution in [-0.4, -0.2) is 20.9 Å². The van der Waals surface area contributed by atoms with Crippen molar-refractivity contribution in [3.05, 3.63) is 47.1 Å². The number of halogens is 1. The molecule has 98 valence electrons. The second-order valence-corrected chi connectivity index (χ2v) is 5.75. The highest BCUT2D eigenvalue weighted by molar-refractivity contribution is 7.17. The summed E-state index contributed by atoms with van der Waals surface area (Å²) >= 11 is 7.46. The Balaban J connectivity index is 1.79. The molecule has 2 heterocycles. The highest BCUT2D eigenvalue weighted by atomic mass is 35.5. The standard InChI is InChI=1S/C14H14ClN3S/c15-7-3-4-12-9-18(17-16-12)8-11-10-19-14-6-2-1-5-13(11)14/h1-2,5-6,9-10H,3-4,7-8H2. The van der Waals surface area contributed by atoms with Gasteiger partial charge in [-0.15, -0.1) is 28.0 Å². The van der Waals surface area contributed by atoms with Gasteiger partial charge in [-0.25, -0.2) is 4.68 Å². The molecule has 3 rings (SSSR count). The summed E-state index contributed by atoms with van der Waals surface area (Å²) in [6.07, 6.45) is 3.86. The molecule has 0 fully saturated rings. The molecule has 3 nitrogen and oxygen atoms in total. The molecule has 0 aliphatic carbocycles. The average Bonchev–Trinajstić information content (AvgIpc) is 3.05. The molecule has 0 bridgehead atoms. The predicted molar refractivity (Wildman–Crippen MR) is 80.0 cm³/mol. The van der Waals surface area contributed by atoms with Gasteiger partial charge in [-0.2, -0.15) is 0 Å². The summed E-state index contributed by atoms with van der Waals surface area (Å²) < 4.78 is 3.22. The number of fused-ring (bicyclic) bond motifs is 1. The van der Waals surface area contributed by atoms with Crippen LogP contribution in [0.1, 0.15) is 17.7 Å². The number of benzene rings is 1. The monoisotopic (exact) mass is 291 g/mol. The zero-order valence-electron chi connectivity index (χ0n) is 10.4. The molecule has 3 aromatic rings. The minimum absolute atomic E-state index is 0.669. The SMILES string of the molecule is ClCCCc1cn(Cc2csc3ccccc23)nn1. The van der Waals surface area contributed by atoms with E-state index < -0.39 is 0 Å². The number of hydrogen-bond donors (Lipinski definition) is 0. The second kappa shape index (κ2) is 5.72. The van der Waals surface area contributed by atoms with E-state index in [1.807, 2.05) is 10.9 Å². The van der Waals surface area contributed by atoms with Gasteiger partial charge in [0, 0.05) is 16.8 Å². The smallest absolute Gasteiger partial charge is 0.0827 e. The molecule has 0 radical (unpaired) electrons. The van der Waals surface area contributed by atoms with Crippen LogP contribution < -0.4 is 0 Å². The topological polar surface area (TPSA) is 30.7 Å². The van der Waals surface area contributed by atoms with Crippen molar-refractivity contribution in [3.8, 4) is 0 Å². The number of thiophene rings is 1. The summed E-state index contributed by atoms with van der Waals surface area (Å²) in [4.78, 5) is 0. The van der Waals surface area contributed by atoms with E-state index in [-0.39, 0.29) is 0 Å². The van der Waals surface area contributed by atoms with Gasteiger partial charge in [-0.3, -0.25) is 0 Å². The van der Waals surface area contributed by atoms with Gasteiger partial charge in [0.25, 0.3) is 0 Å². The number of nitrogens with zero attached hydrogens (tertiary/aromatic N) is 3. The van der Waals surface area contributed by atoms with Crippen molar-refractivity contribution >= 4 is 33.0 Å². The predicted octanol–water partition coefficient (Wildman–Crippen LogP) is 3.71. The first-order valence-electron chi connectivity index (χ1n) is 6.27. The van der Waals surface area contributed by atoms with Crippen molar-refractivity contribution in [2.24, 2.45) is 0 Å². The van der Waals surface area contributed by atoms with E-state index in [0.717, 1.165) is 25.1 Å². The van der Waals surface area contributed by atoms with Gasteiger partial charge in [0.1, 0.15) is 0 Å². The first-order valence-corrected chi connectivity index (χ1v) is 7.68. The van der Waals surface area contributed by atoms with Gasteiger partial charge in [-0.1, -0.05) is 23.4 Å². The van der Waals surface area contributed by atoms with Crippen LogP contribution in [0.5, 0.6) is 0 Å². The Hall–Kier alpha value is -1.39. The molecule has 0 atom stereocenters. The van der Waals surface area contributed by atoms with E-state index in [1.54, 1.807) is 11.3 Å². The van der Waals surface area contributed by atoms with E-state index >= 15 is 0 Å². The van der Waals surface area contributed by atoms with Crippen LogP contribution in [0, 0.1) is 0 Å². The molecule has 2 aromatic heterocycles. The van der Waals surface area contributed by atoms with Crippen molar-refractivity contribution in [2.45, 2.75) is 19.4 Å². The molecule has 5 heteroatoms. The third-order valence-electron chi connectivity index (χ3n) is 3.05. The fourth-order valence-electron chi connectivity index (χ4n) is 2.11. The molecule has 19 heavy (non-hydrogen) atoms. The van der Waals surface area contributed by atoms with Crippen LogP contribution >= 0.6 is 22.9 Å². The lowest BCUT2D eigenvalue weighted by Crippen LogP contribution is -1.99. The summed E-state index contributed by atoms with van der Waals surface area (Å²) in [6.45, 7) is 0.776. The van der Waals surface area contributed by atoms with Crippen molar-refractivity contribution < 1.29 is 0 Å². The second-order valence-electron chi connectivity index (χ2n) is 4.46. The summed E-state index contributed by atoms with van der Waals surface area (Å²) in [6, 6.07) is 8.46. The Morgan fingerprint density at radius 2 is 2.16 bits per heavy atom. The Kier molecular flexibility index (Phi) is 3.80. The summed E-state index contributed by atoms with van der Waals surface area (Å²) in [5.74, 6) is 0.669. The van der Waals surface area contributed by atoms with Crippen LogP contribution in [-0.2, 0) is 13.0 Å². The fourth-order valence-corrected chi connectivity index (χ4v) is 3.20. The lowest BCUT2D eigenvalue weighted by molar-refractivity contribution is 0.652. The number of rotatable bonds is 5. The maximum absolute atomic E-state index is 5.69. The van der Waals surface area contributed by atoms with E-state index in [1.165, 1.54) is 15.6 Å². The number of hydrogen-bond acceptors (Lipinski definition) is 3. The molecule has 0 aliphatic rings. The maximum atomic E-state index is 5.69. The van der Waals surface area contributed by atoms with Crippen LogP contribution in [0.3, 0.4) is 0 Å². The van der Waals surface area contributed by atoms with Crippen LogP contribution in [0.25, 0.3) is 10.1 Å². The zero-order chi connectivity index (χ0) is 13.1. The quantitative estimate of drug-likeness (QED) is 0.671. The van der Waals surface area contributed by atoms with Gasteiger partial charge < -0.3 is 0 Å². The van der Waals surface area contributed by atoms with Crippen molar-refractivity contribution in [2.75, 3.05) is 5.88 Å². The third-order valence-corrected chi connectivity index (χ3v) is 4.33. The molecule has 0 unspecified atom stereocenters. The van der Waals surface area contributed by atoms with Crippen molar-refractivity contribution in [1.82, 2.24) is 15.0 Å².